The fourth-order valence-electron chi connectivity index (χ4n) is 8.16. The summed E-state index contributed by atoms with van der Waals surface area (Å²) in [6.45, 7) is 6.49. The fraction of sp³-hybridized carbons (Fsp3) is 0.487. The van der Waals surface area contributed by atoms with Crippen molar-refractivity contribution < 1.29 is 14.7 Å². The molecule has 1 saturated carbocycles. The zero-order valence-corrected chi connectivity index (χ0v) is 31.7. The number of aliphatic hydroxyl groups is 1. The topological polar surface area (TPSA) is 121 Å². The van der Waals surface area contributed by atoms with Crippen molar-refractivity contribution in [3.8, 4) is 11.1 Å². The molecule has 2 aromatic carbocycles. The first-order valence-corrected chi connectivity index (χ1v) is 19.2. The van der Waals surface area contributed by atoms with E-state index in [0.717, 1.165) is 67.7 Å². The summed E-state index contributed by atoms with van der Waals surface area (Å²) >= 11 is 13.9. The Bertz CT molecular complexity index is 1960. The van der Waals surface area contributed by atoms with Crippen molar-refractivity contribution in [1.82, 2.24) is 28.9 Å². The van der Waals surface area contributed by atoms with Gasteiger partial charge in [0.2, 0.25) is 0 Å². The third kappa shape index (κ3) is 7.66. The summed E-state index contributed by atoms with van der Waals surface area (Å²) in [6.07, 6.45) is 9.20. The van der Waals surface area contributed by atoms with Crippen molar-refractivity contribution in [1.29, 1.82) is 0 Å². The first-order valence-electron chi connectivity index (χ1n) is 18.5. The third-order valence-electron chi connectivity index (χ3n) is 11.0. The Morgan fingerprint density at radius 1 is 0.808 bits per heavy atom. The smallest absolute Gasteiger partial charge is 0.291 e. The molecule has 7 rings (SSSR count). The Morgan fingerprint density at radius 3 is 1.83 bits per heavy atom. The van der Waals surface area contributed by atoms with Crippen LogP contribution in [-0.2, 0) is 40.0 Å². The van der Waals surface area contributed by atoms with Crippen LogP contribution in [0.3, 0.4) is 0 Å². The molecule has 0 unspecified atom stereocenters. The number of nitrogens with zero attached hydrogens (tertiary/aromatic N) is 6. The van der Waals surface area contributed by atoms with Gasteiger partial charge in [0.15, 0.2) is 11.6 Å². The zero-order valence-electron chi connectivity index (χ0n) is 30.2. The molecule has 2 amide bonds. The van der Waals surface area contributed by atoms with Crippen LogP contribution >= 0.6 is 23.2 Å². The number of hydrogen-bond acceptors (Lipinski definition) is 7. The van der Waals surface area contributed by atoms with E-state index in [9.17, 15) is 14.7 Å². The van der Waals surface area contributed by atoms with Gasteiger partial charge in [-0.15, -0.1) is 0 Å². The van der Waals surface area contributed by atoms with Crippen molar-refractivity contribution in [3.05, 3.63) is 80.9 Å². The highest BCUT2D eigenvalue weighted by Gasteiger charge is 2.28. The van der Waals surface area contributed by atoms with Crippen molar-refractivity contribution in [2.45, 2.75) is 77.5 Å². The van der Waals surface area contributed by atoms with E-state index in [-0.39, 0.29) is 17.6 Å². The maximum absolute atomic E-state index is 13.6. The van der Waals surface area contributed by atoms with E-state index in [4.69, 9.17) is 28.2 Å². The largest absolute Gasteiger partial charge is 0.392 e. The number of carbonyl (C=O) groups excluding carboxylic acids is 2. The third-order valence-corrected chi connectivity index (χ3v) is 11.8. The summed E-state index contributed by atoms with van der Waals surface area (Å²) in [5.41, 5.74) is 5.99. The molecule has 1 fully saturated rings. The van der Waals surface area contributed by atoms with E-state index in [2.05, 4.69) is 25.4 Å². The summed E-state index contributed by atoms with van der Waals surface area (Å²) in [5, 5.41) is 16.4. The molecule has 1 atom stereocenters. The lowest BCUT2D eigenvalue weighted by molar-refractivity contribution is 0.100. The van der Waals surface area contributed by atoms with E-state index in [1.807, 2.05) is 41.4 Å². The molecule has 276 valence electrons. The lowest BCUT2D eigenvalue weighted by Gasteiger charge is -2.29. The summed E-state index contributed by atoms with van der Waals surface area (Å²) in [4.78, 5) is 41.2. The summed E-state index contributed by atoms with van der Waals surface area (Å²) in [6, 6.07) is 10.8. The van der Waals surface area contributed by atoms with Gasteiger partial charge in [-0.05, 0) is 37.9 Å². The lowest BCUT2D eigenvalue weighted by atomic mass is 9.87. The van der Waals surface area contributed by atoms with Gasteiger partial charge in [-0.1, -0.05) is 79.6 Å². The van der Waals surface area contributed by atoms with Crippen molar-refractivity contribution in [3.63, 3.8) is 0 Å². The van der Waals surface area contributed by atoms with Crippen LogP contribution in [-0.4, -0.2) is 78.1 Å². The Hall–Kier alpha value is -3.74. The van der Waals surface area contributed by atoms with E-state index >= 15 is 0 Å². The quantitative estimate of drug-likeness (QED) is 0.165. The number of hydrogen-bond donors (Lipinski definition) is 3. The van der Waals surface area contributed by atoms with Gasteiger partial charge in [-0.2, -0.15) is 0 Å². The van der Waals surface area contributed by atoms with Gasteiger partial charge in [0.25, 0.3) is 11.8 Å². The van der Waals surface area contributed by atoms with E-state index in [1.54, 1.807) is 25.1 Å². The molecule has 2 aromatic heterocycles. The van der Waals surface area contributed by atoms with Crippen LogP contribution < -0.4 is 10.6 Å². The van der Waals surface area contributed by atoms with Crippen LogP contribution in [0, 0.1) is 5.92 Å². The standard InChI is InChI=1S/C39H48Cl2N8O3/c1-24(50)21-49-20-17-33-31(23-49)43-37(47(33)3)39(52)45-29-14-8-12-27(35(29)41)26-11-7-13-28(34(26)40)44-38(51)36-42-30-22-48(19-16-32(30)46(36)2)18-15-25-9-5-4-6-10-25/h7-8,11-14,24-25,50H,4-6,9-10,15-23H2,1-3H3,(H,44,51)(H,45,52)/t24-/m0/s1. The number of anilines is 2. The number of benzene rings is 2. The average Bonchev–Trinajstić information content (AvgIpc) is 3.64. The Balaban J connectivity index is 1.04. The second-order valence-electron chi connectivity index (χ2n) is 14.7. The predicted octanol–water partition coefficient (Wildman–Crippen LogP) is 6.70. The number of halogens is 2. The number of β-amino-alcohol motifs (C(OH)–C–C–N with tert-alkyl or cyclic N) is 1. The predicted molar refractivity (Wildman–Crippen MR) is 205 cm³/mol. The molecule has 11 nitrogen and oxygen atoms in total. The fourth-order valence-corrected chi connectivity index (χ4v) is 8.71. The minimum atomic E-state index is -0.439. The Kier molecular flexibility index (Phi) is 11.1. The lowest BCUT2D eigenvalue weighted by Crippen LogP contribution is -2.36. The van der Waals surface area contributed by atoms with Crippen molar-refractivity contribution >= 4 is 46.4 Å². The van der Waals surface area contributed by atoms with Crippen LogP contribution in [0.2, 0.25) is 10.0 Å². The highest BCUT2D eigenvalue weighted by atomic mass is 35.5. The number of imidazole rings is 2. The van der Waals surface area contributed by atoms with Crippen LogP contribution in [0.5, 0.6) is 0 Å². The number of aromatic nitrogens is 4. The molecular formula is C39H48Cl2N8O3. The molecule has 0 bridgehead atoms. The Labute approximate surface area is 315 Å². The molecule has 4 heterocycles. The normalized spacial score (nSPS) is 17.4. The van der Waals surface area contributed by atoms with Gasteiger partial charge in [-0.3, -0.25) is 19.4 Å². The SMILES string of the molecule is C[C@H](O)CN1CCc2c(nc(C(=O)Nc3cccc(-c4cccc(NC(=O)c5nc6c(n5C)CCN(CCC5CCCCC5)C6)c4Cl)c3Cl)n2C)C1. The van der Waals surface area contributed by atoms with Gasteiger partial charge < -0.3 is 24.9 Å². The maximum atomic E-state index is 13.6. The van der Waals surface area contributed by atoms with Gasteiger partial charge in [-0.25, -0.2) is 9.97 Å². The number of aliphatic hydroxyl groups excluding tert-OH is 1. The molecule has 2 aliphatic heterocycles. The number of amides is 2. The van der Waals surface area contributed by atoms with Gasteiger partial charge in [0, 0.05) is 82.2 Å². The molecule has 0 radical (unpaired) electrons. The van der Waals surface area contributed by atoms with Crippen LogP contribution in [0.4, 0.5) is 11.4 Å². The Morgan fingerprint density at radius 2 is 1.31 bits per heavy atom. The van der Waals surface area contributed by atoms with Crippen LogP contribution in [0.15, 0.2) is 36.4 Å². The minimum absolute atomic E-state index is 0.288. The number of nitrogens with one attached hydrogen (secondary N) is 2. The number of rotatable bonds is 10. The van der Waals surface area contributed by atoms with Gasteiger partial charge >= 0.3 is 0 Å². The first kappa shape index (κ1) is 36.6. The van der Waals surface area contributed by atoms with Gasteiger partial charge in [0.1, 0.15) is 0 Å². The van der Waals surface area contributed by atoms with Crippen LogP contribution in [0.1, 0.15) is 89.5 Å². The summed E-state index contributed by atoms with van der Waals surface area (Å²) in [5.74, 6) is 0.772. The molecule has 0 saturated heterocycles. The van der Waals surface area contributed by atoms with E-state index in [1.165, 1.54) is 38.5 Å². The second kappa shape index (κ2) is 15.7. The monoisotopic (exact) mass is 746 g/mol. The summed E-state index contributed by atoms with van der Waals surface area (Å²) < 4.78 is 3.74. The maximum Gasteiger partial charge on any atom is 0.291 e. The van der Waals surface area contributed by atoms with Crippen molar-refractivity contribution in [2.75, 3.05) is 36.8 Å². The van der Waals surface area contributed by atoms with E-state index < -0.39 is 6.10 Å². The molecule has 4 aromatic rings. The zero-order chi connectivity index (χ0) is 36.5. The summed E-state index contributed by atoms with van der Waals surface area (Å²) in [7, 11) is 3.75. The molecule has 13 heteroatoms. The molecule has 3 N–H and O–H groups in total. The molecule has 52 heavy (non-hydrogen) atoms. The average molecular weight is 748 g/mol. The molecular weight excluding hydrogens is 699 g/mol. The highest BCUT2D eigenvalue weighted by Crippen LogP contribution is 2.40. The second-order valence-corrected chi connectivity index (χ2v) is 15.4. The molecule has 3 aliphatic rings. The highest BCUT2D eigenvalue weighted by molar-refractivity contribution is 6.40. The van der Waals surface area contributed by atoms with Crippen molar-refractivity contribution in [2.24, 2.45) is 20.0 Å². The first-order chi connectivity index (χ1) is 25.1. The number of carbonyl (C=O) groups is 2. The number of fused-ring (bicyclic) bond motifs is 2. The minimum Gasteiger partial charge on any atom is -0.392 e. The van der Waals surface area contributed by atoms with Gasteiger partial charge in [0.05, 0.1) is 38.9 Å². The van der Waals surface area contributed by atoms with E-state index in [0.29, 0.717) is 51.5 Å². The molecule has 0 spiro atoms. The van der Waals surface area contributed by atoms with Crippen LogP contribution in [0.25, 0.3) is 11.1 Å². The molecule has 1 aliphatic carbocycles.